The van der Waals surface area contributed by atoms with Crippen LogP contribution in [0.25, 0.3) is 0 Å². The molecule has 1 saturated heterocycles. The number of likely N-dealkylation sites (N-methyl/N-ethyl adjacent to an activating group) is 2. The van der Waals surface area contributed by atoms with E-state index >= 15 is 0 Å². The van der Waals surface area contributed by atoms with Crippen molar-refractivity contribution in [3.05, 3.63) is 0 Å². The molecule has 4 heteroatoms. The van der Waals surface area contributed by atoms with Gasteiger partial charge in [0.2, 0.25) is 0 Å². The van der Waals surface area contributed by atoms with Crippen molar-refractivity contribution in [3.8, 4) is 0 Å². The molecule has 0 radical (unpaired) electrons. The van der Waals surface area contributed by atoms with Crippen LogP contribution in [-0.4, -0.2) is 47.8 Å². The summed E-state index contributed by atoms with van der Waals surface area (Å²) in [7, 11) is 3.24. The number of nitrogens with zero attached hydrogens (tertiary/aromatic N) is 2. The van der Waals surface area contributed by atoms with Crippen LogP contribution in [0, 0.1) is 0 Å². The van der Waals surface area contributed by atoms with E-state index < -0.39 is 6.23 Å². The fourth-order valence-electron chi connectivity index (χ4n) is 0.842. The van der Waals surface area contributed by atoms with Crippen molar-refractivity contribution in [1.82, 2.24) is 9.80 Å². The Hall–Kier alpha value is -0.770. The van der Waals surface area contributed by atoms with E-state index in [1.807, 2.05) is 0 Å². The summed E-state index contributed by atoms with van der Waals surface area (Å²) >= 11 is 0. The van der Waals surface area contributed by atoms with Crippen LogP contribution in [0.2, 0.25) is 0 Å². The molecule has 52 valence electrons. The summed E-state index contributed by atoms with van der Waals surface area (Å²) in [6.45, 7) is 0.412. The summed E-state index contributed by atoms with van der Waals surface area (Å²) in [6.07, 6.45) is -0.623. The SMILES string of the molecule is CN1CC(O)N(C)C1=O. The minimum atomic E-state index is -0.623. The van der Waals surface area contributed by atoms with Gasteiger partial charge in [-0.05, 0) is 0 Å². The van der Waals surface area contributed by atoms with Gasteiger partial charge >= 0.3 is 6.03 Å². The summed E-state index contributed by atoms with van der Waals surface area (Å²) in [6, 6.07) is -0.123. The van der Waals surface area contributed by atoms with E-state index in [1.54, 1.807) is 14.1 Å². The Morgan fingerprint density at radius 1 is 1.67 bits per heavy atom. The minimum absolute atomic E-state index is 0.123. The van der Waals surface area contributed by atoms with Gasteiger partial charge in [0.25, 0.3) is 0 Å². The third-order valence-electron chi connectivity index (χ3n) is 1.51. The molecule has 0 aromatic carbocycles. The first kappa shape index (κ1) is 6.35. The number of hydrogen-bond donors (Lipinski definition) is 1. The van der Waals surface area contributed by atoms with Crippen LogP contribution >= 0.6 is 0 Å². The lowest BCUT2D eigenvalue weighted by atomic mass is 10.6. The fourth-order valence-corrected chi connectivity index (χ4v) is 0.842. The molecule has 2 amide bonds. The Labute approximate surface area is 53.7 Å². The molecule has 1 atom stereocenters. The van der Waals surface area contributed by atoms with Crippen LogP contribution in [0.1, 0.15) is 0 Å². The van der Waals surface area contributed by atoms with E-state index in [9.17, 15) is 4.79 Å². The van der Waals surface area contributed by atoms with Gasteiger partial charge in [-0.15, -0.1) is 0 Å². The number of β-amino-alcohol motifs (C(OH)–C–C–N with tert-alkyl or cyclic N) is 1. The van der Waals surface area contributed by atoms with Gasteiger partial charge in [-0.3, -0.25) is 0 Å². The Morgan fingerprint density at radius 3 is 2.33 bits per heavy atom. The second-order valence-electron chi connectivity index (χ2n) is 2.25. The van der Waals surface area contributed by atoms with Crippen molar-refractivity contribution in [3.63, 3.8) is 0 Å². The minimum Gasteiger partial charge on any atom is -0.372 e. The van der Waals surface area contributed by atoms with E-state index in [-0.39, 0.29) is 6.03 Å². The quantitative estimate of drug-likeness (QED) is 0.471. The topological polar surface area (TPSA) is 43.8 Å². The Morgan fingerprint density at radius 2 is 2.22 bits per heavy atom. The van der Waals surface area contributed by atoms with Crippen molar-refractivity contribution in [2.75, 3.05) is 20.6 Å². The number of amides is 2. The number of hydrogen-bond acceptors (Lipinski definition) is 2. The lowest BCUT2D eigenvalue weighted by molar-refractivity contribution is 0.0798. The standard InChI is InChI=1S/C5H10N2O2/c1-6-3-4(8)7(2)5(6)9/h4,8H,3H2,1-2H3. The van der Waals surface area contributed by atoms with Crippen LogP contribution in [0.15, 0.2) is 0 Å². The molecular formula is C5H10N2O2. The molecule has 1 aliphatic heterocycles. The van der Waals surface area contributed by atoms with Crippen LogP contribution in [0.5, 0.6) is 0 Å². The molecule has 0 aromatic rings. The number of urea groups is 1. The van der Waals surface area contributed by atoms with E-state index in [4.69, 9.17) is 5.11 Å². The molecule has 9 heavy (non-hydrogen) atoms. The zero-order chi connectivity index (χ0) is 7.02. The van der Waals surface area contributed by atoms with Crippen molar-refractivity contribution in [1.29, 1.82) is 0 Å². The highest BCUT2D eigenvalue weighted by molar-refractivity contribution is 5.76. The van der Waals surface area contributed by atoms with E-state index in [0.717, 1.165) is 0 Å². The molecule has 1 heterocycles. The first-order chi connectivity index (χ1) is 4.13. The Kier molecular flexibility index (Phi) is 1.32. The molecule has 0 spiro atoms. The molecule has 1 N–H and O–H groups in total. The molecule has 0 bridgehead atoms. The fraction of sp³-hybridized carbons (Fsp3) is 0.800. The van der Waals surface area contributed by atoms with Crippen molar-refractivity contribution in [2.24, 2.45) is 0 Å². The number of aliphatic hydroxyl groups is 1. The van der Waals surface area contributed by atoms with Crippen molar-refractivity contribution < 1.29 is 9.90 Å². The first-order valence-corrected chi connectivity index (χ1v) is 2.79. The average molecular weight is 130 g/mol. The van der Waals surface area contributed by atoms with Crippen molar-refractivity contribution in [2.45, 2.75) is 6.23 Å². The van der Waals surface area contributed by atoms with Crippen LogP contribution in [0.4, 0.5) is 4.79 Å². The first-order valence-electron chi connectivity index (χ1n) is 2.79. The lowest BCUT2D eigenvalue weighted by Gasteiger charge is -2.10. The third-order valence-corrected chi connectivity index (χ3v) is 1.51. The summed E-state index contributed by atoms with van der Waals surface area (Å²) in [5, 5.41) is 9.00. The summed E-state index contributed by atoms with van der Waals surface area (Å²) in [5.74, 6) is 0. The maximum absolute atomic E-state index is 10.8. The predicted molar refractivity (Wildman–Crippen MR) is 31.8 cm³/mol. The molecule has 0 aromatic heterocycles. The number of aliphatic hydroxyl groups excluding tert-OH is 1. The summed E-state index contributed by atoms with van der Waals surface area (Å²) in [4.78, 5) is 13.6. The van der Waals surface area contributed by atoms with Gasteiger partial charge in [0.1, 0.15) is 6.23 Å². The monoisotopic (exact) mass is 130 g/mol. The van der Waals surface area contributed by atoms with E-state index in [0.29, 0.717) is 6.54 Å². The van der Waals surface area contributed by atoms with E-state index in [2.05, 4.69) is 0 Å². The predicted octanol–water partition coefficient (Wildman–Crippen LogP) is -0.698. The molecule has 1 rings (SSSR count). The highest BCUT2D eigenvalue weighted by Crippen LogP contribution is 2.07. The molecule has 1 unspecified atom stereocenters. The zero-order valence-corrected chi connectivity index (χ0v) is 5.53. The zero-order valence-electron chi connectivity index (χ0n) is 5.53. The Bertz CT molecular complexity index is 137. The van der Waals surface area contributed by atoms with Gasteiger partial charge in [-0.25, -0.2) is 4.79 Å². The normalized spacial score (nSPS) is 27.9. The maximum Gasteiger partial charge on any atom is 0.321 e. The molecule has 0 aliphatic carbocycles. The van der Waals surface area contributed by atoms with Crippen molar-refractivity contribution >= 4 is 6.03 Å². The average Bonchev–Trinajstić information content (AvgIpc) is 1.98. The largest absolute Gasteiger partial charge is 0.372 e. The van der Waals surface area contributed by atoms with Gasteiger partial charge in [0.15, 0.2) is 0 Å². The third kappa shape index (κ3) is 0.853. The smallest absolute Gasteiger partial charge is 0.321 e. The molecular weight excluding hydrogens is 120 g/mol. The second kappa shape index (κ2) is 1.88. The van der Waals surface area contributed by atoms with Gasteiger partial charge in [-0.1, -0.05) is 0 Å². The van der Waals surface area contributed by atoms with E-state index in [1.165, 1.54) is 9.80 Å². The summed E-state index contributed by atoms with van der Waals surface area (Å²) in [5.41, 5.74) is 0. The van der Waals surface area contributed by atoms with Crippen LogP contribution in [0.3, 0.4) is 0 Å². The number of carbonyl (C=O) groups excluding carboxylic acids is 1. The van der Waals surface area contributed by atoms with Gasteiger partial charge in [-0.2, -0.15) is 0 Å². The molecule has 1 fully saturated rings. The highest BCUT2D eigenvalue weighted by Gasteiger charge is 2.29. The highest BCUT2D eigenvalue weighted by atomic mass is 16.3. The second-order valence-corrected chi connectivity index (χ2v) is 2.25. The molecule has 4 nitrogen and oxygen atoms in total. The number of rotatable bonds is 0. The molecule has 0 saturated carbocycles. The lowest BCUT2D eigenvalue weighted by Crippen LogP contribution is -2.29. The summed E-state index contributed by atoms with van der Waals surface area (Å²) < 4.78 is 0. The molecule has 1 aliphatic rings. The van der Waals surface area contributed by atoms with Crippen LogP contribution in [-0.2, 0) is 0 Å². The number of carbonyl (C=O) groups is 1. The Balaban J connectivity index is 2.65. The maximum atomic E-state index is 10.8. The van der Waals surface area contributed by atoms with Gasteiger partial charge in [0.05, 0.1) is 6.54 Å². The van der Waals surface area contributed by atoms with Gasteiger partial charge < -0.3 is 14.9 Å². The van der Waals surface area contributed by atoms with Crippen LogP contribution < -0.4 is 0 Å². The van der Waals surface area contributed by atoms with Gasteiger partial charge in [0, 0.05) is 14.1 Å².